The Balaban J connectivity index is 2.21. The van der Waals surface area contributed by atoms with Crippen molar-refractivity contribution in [1.82, 2.24) is 4.57 Å². The summed E-state index contributed by atoms with van der Waals surface area (Å²) >= 11 is 7.42. The van der Waals surface area contributed by atoms with Crippen LogP contribution < -0.4 is 4.74 Å². The van der Waals surface area contributed by atoms with E-state index in [1.54, 1.807) is 6.07 Å². The van der Waals surface area contributed by atoms with Crippen molar-refractivity contribution in [1.29, 1.82) is 0 Å². The minimum atomic E-state index is -0.931. The topological polar surface area (TPSA) is 51.5 Å². The van der Waals surface area contributed by atoms with E-state index >= 15 is 0 Å². The summed E-state index contributed by atoms with van der Waals surface area (Å²) in [5.74, 6) is -1.31. The number of thiophene rings is 1. The van der Waals surface area contributed by atoms with Crippen molar-refractivity contribution in [3.05, 3.63) is 50.6 Å². The van der Waals surface area contributed by atoms with Gasteiger partial charge in [-0.25, -0.2) is 4.39 Å². The molecule has 24 heavy (non-hydrogen) atoms. The zero-order valence-electron chi connectivity index (χ0n) is 13.1. The number of carbonyl (C=O) groups is 1. The lowest BCUT2D eigenvalue weighted by molar-refractivity contribution is -0.136. The number of aromatic nitrogens is 1. The van der Waals surface area contributed by atoms with Crippen LogP contribution in [0, 0.1) is 12.7 Å². The standard InChI is InChI=1S/C17H15ClFNO3S/c1-9-11(6-17(21)22)12-5-15(23-2)13(19)7-14(12)20(9)8-10-3-4-16(18)24-10/h3-5,7H,6,8H2,1-2H3,(H,21,22). The molecular formula is C17H15ClFNO3S. The van der Waals surface area contributed by atoms with E-state index in [2.05, 4.69) is 0 Å². The molecule has 0 spiro atoms. The van der Waals surface area contributed by atoms with Gasteiger partial charge in [0.15, 0.2) is 11.6 Å². The Hall–Kier alpha value is -2.05. The smallest absolute Gasteiger partial charge is 0.307 e. The largest absolute Gasteiger partial charge is 0.494 e. The number of carboxylic acid groups (broad SMARTS) is 1. The number of carboxylic acids is 1. The Labute approximate surface area is 147 Å². The summed E-state index contributed by atoms with van der Waals surface area (Å²) in [4.78, 5) is 12.2. The second-order valence-electron chi connectivity index (χ2n) is 5.43. The second-order valence-corrected chi connectivity index (χ2v) is 7.23. The van der Waals surface area contributed by atoms with Crippen molar-refractivity contribution < 1.29 is 19.0 Å². The van der Waals surface area contributed by atoms with E-state index in [4.69, 9.17) is 16.3 Å². The first-order valence-corrected chi connectivity index (χ1v) is 8.41. The normalized spacial score (nSPS) is 11.2. The highest BCUT2D eigenvalue weighted by Crippen LogP contribution is 2.33. The van der Waals surface area contributed by atoms with Crippen molar-refractivity contribution in [3.63, 3.8) is 0 Å². The average Bonchev–Trinajstić information content (AvgIpc) is 3.03. The van der Waals surface area contributed by atoms with E-state index in [9.17, 15) is 14.3 Å². The van der Waals surface area contributed by atoms with Gasteiger partial charge in [0.2, 0.25) is 0 Å². The van der Waals surface area contributed by atoms with Gasteiger partial charge in [0.05, 0.1) is 29.9 Å². The summed E-state index contributed by atoms with van der Waals surface area (Å²) in [5, 5.41) is 9.89. The molecule has 4 nitrogen and oxygen atoms in total. The number of halogens is 2. The molecular weight excluding hydrogens is 353 g/mol. The van der Waals surface area contributed by atoms with E-state index in [1.165, 1.54) is 24.5 Å². The minimum Gasteiger partial charge on any atom is -0.494 e. The molecule has 1 aromatic carbocycles. The van der Waals surface area contributed by atoms with Gasteiger partial charge in [0.1, 0.15) is 0 Å². The molecule has 0 aliphatic rings. The maximum absolute atomic E-state index is 14.2. The Kier molecular flexibility index (Phi) is 4.51. The van der Waals surface area contributed by atoms with E-state index in [0.29, 0.717) is 27.3 Å². The molecule has 0 unspecified atom stereocenters. The van der Waals surface area contributed by atoms with Crippen LogP contribution >= 0.6 is 22.9 Å². The van der Waals surface area contributed by atoms with E-state index < -0.39 is 11.8 Å². The Morgan fingerprint density at radius 2 is 2.17 bits per heavy atom. The molecule has 126 valence electrons. The van der Waals surface area contributed by atoms with Gasteiger partial charge in [-0.15, -0.1) is 11.3 Å². The molecule has 0 atom stereocenters. The molecule has 3 rings (SSSR count). The fraction of sp³-hybridized carbons (Fsp3) is 0.235. The summed E-state index contributed by atoms with van der Waals surface area (Å²) in [6.45, 7) is 2.35. The van der Waals surface area contributed by atoms with Gasteiger partial charge in [0.25, 0.3) is 0 Å². The molecule has 0 bridgehead atoms. The summed E-state index contributed by atoms with van der Waals surface area (Å²) in [5.41, 5.74) is 2.11. The highest BCUT2D eigenvalue weighted by Gasteiger charge is 2.19. The maximum Gasteiger partial charge on any atom is 0.307 e. The monoisotopic (exact) mass is 367 g/mol. The molecule has 0 saturated heterocycles. The Morgan fingerprint density at radius 3 is 2.75 bits per heavy atom. The second kappa shape index (κ2) is 6.45. The van der Waals surface area contributed by atoms with Crippen LogP contribution in [0.5, 0.6) is 5.75 Å². The van der Waals surface area contributed by atoms with Crippen molar-refractivity contribution in [2.45, 2.75) is 19.9 Å². The van der Waals surface area contributed by atoms with Gasteiger partial charge in [-0.05, 0) is 30.7 Å². The molecule has 0 amide bonds. The number of hydrogen-bond acceptors (Lipinski definition) is 3. The van der Waals surface area contributed by atoms with Crippen LogP contribution in [0.25, 0.3) is 10.9 Å². The zero-order valence-corrected chi connectivity index (χ0v) is 14.7. The number of nitrogens with zero attached hydrogens (tertiary/aromatic N) is 1. The van der Waals surface area contributed by atoms with Crippen molar-refractivity contribution in [3.8, 4) is 5.75 Å². The van der Waals surface area contributed by atoms with Gasteiger partial charge >= 0.3 is 5.97 Å². The first-order valence-electron chi connectivity index (χ1n) is 7.22. The molecule has 2 heterocycles. The van der Waals surface area contributed by atoms with Crippen LogP contribution in [0.3, 0.4) is 0 Å². The molecule has 0 fully saturated rings. The zero-order chi connectivity index (χ0) is 17.4. The lowest BCUT2D eigenvalue weighted by Crippen LogP contribution is -2.04. The van der Waals surface area contributed by atoms with Crippen LogP contribution in [-0.4, -0.2) is 22.8 Å². The summed E-state index contributed by atoms with van der Waals surface area (Å²) in [6.07, 6.45) is -0.130. The molecule has 0 radical (unpaired) electrons. The first-order chi connectivity index (χ1) is 11.4. The van der Waals surface area contributed by atoms with Gasteiger partial charge in [0, 0.05) is 22.0 Å². The van der Waals surface area contributed by atoms with Crippen LogP contribution in [0.2, 0.25) is 4.34 Å². The van der Waals surface area contributed by atoms with Gasteiger partial charge in [-0.2, -0.15) is 0 Å². The van der Waals surface area contributed by atoms with Crippen LogP contribution in [-0.2, 0) is 17.8 Å². The Morgan fingerprint density at radius 1 is 1.42 bits per heavy atom. The summed E-state index contributed by atoms with van der Waals surface area (Å²) in [7, 11) is 1.39. The highest BCUT2D eigenvalue weighted by atomic mass is 35.5. The van der Waals surface area contributed by atoms with Crippen molar-refractivity contribution in [2.24, 2.45) is 0 Å². The third kappa shape index (κ3) is 2.99. The van der Waals surface area contributed by atoms with Crippen LogP contribution in [0.4, 0.5) is 4.39 Å². The predicted octanol–water partition coefficient (Wildman–Crippen LogP) is 4.49. The molecule has 0 aliphatic carbocycles. The lowest BCUT2D eigenvalue weighted by atomic mass is 10.1. The fourth-order valence-electron chi connectivity index (χ4n) is 2.87. The molecule has 0 aliphatic heterocycles. The molecule has 7 heteroatoms. The number of benzene rings is 1. The molecule has 0 saturated carbocycles. The predicted molar refractivity (Wildman–Crippen MR) is 93.0 cm³/mol. The maximum atomic E-state index is 14.2. The molecule has 2 aromatic heterocycles. The number of fused-ring (bicyclic) bond motifs is 1. The number of methoxy groups -OCH3 is 1. The molecule has 3 aromatic rings. The fourth-order valence-corrected chi connectivity index (χ4v) is 3.95. The van der Waals surface area contributed by atoms with Crippen molar-refractivity contribution >= 4 is 39.8 Å². The number of rotatable bonds is 5. The number of aliphatic carboxylic acids is 1. The third-order valence-electron chi connectivity index (χ3n) is 4.00. The highest BCUT2D eigenvalue weighted by molar-refractivity contribution is 7.16. The first kappa shape index (κ1) is 16.8. The van der Waals surface area contributed by atoms with Gasteiger partial charge < -0.3 is 14.4 Å². The Bertz CT molecular complexity index is 932. The van der Waals surface area contributed by atoms with Gasteiger partial charge in [-0.3, -0.25) is 4.79 Å². The average molecular weight is 368 g/mol. The van der Waals surface area contributed by atoms with Crippen molar-refractivity contribution in [2.75, 3.05) is 7.11 Å². The van der Waals surface area contributed by atoms with Gasteiger partial charge in [-0.1, -0.05) is 11.6 Å². The summed E-state index contributed by atoms with van der Waals surface area (Å²) in [6, 6.07) is 6.68. The van der Waals surface area contributed by atoms with Crippen LogP contribution in [0.1, 0.15) is 16.1 Å². The number of ether oxygens (including phenoxy) is 1. The van der Waals surface area contributed by atoms with E-state index in [0.717, 1.165) is 10.6 Å². The number of hydrogen-bond donors (Lipinski definition) is 1. The van der Waals surface area contributed by atoms with E-state index in [1.807, 2.05) is 23.6 Å². The molecule has 1 N–H and O–H groups in total. The summed E-state index contributed by atoms with van der Waals surface area (Å²) < 4.78 is 21.8. The SMILES string of the molecule is COc1cc2c(CC(=O)O)c(C)n(Cc3ccc(Cl)s3)c2cc1F. The minimum absolute atomic E-state index is 0.102. The van der Waals surface area contributed by atoms with E-state index in [-0.39, 0.29) is 12.2 Å². The lowest BCUT2D eigenvalue weighted by Gasteiger charge is -2.08. The third-order valence-corrected chi connectivity index (χ3v) is 5.21. The van der Waals surface area contributed by atoms with Crippen LogP contribution in [0.15, 0.2) is 24.3 Å². The quantitative estimate of drug-likeness (QED) is 0.723.